The molecule has 0 aliphatic rings. The van der Waals surface area contributed by atoms with E-state index in [1.165, 1.54) is 11.6 Å². The minimum Gasteiger partial charge on any atom is -0.311 e. The molecule has 0 fully saturated rings. The maximum Gasteiger partial charge on any atom is 0.269 e. The second kappa shape index (κ2) is 7.31. The Kier molecular flexibility index (Phi) is 5.44. The molecule has 1 N–H and O–H groups in total. The molecule has 1 atom stereocenters. The minimum absolute atomic E-state index is 0.135. The third-order valence-electron chi connectivity index (χ3n) is 3.34. The molecule has 0 amide bonds. The summed E-state index contributed by atoms with van der Waals surface area (Å²) in [5.74, 6) is 0. The number of non-ortho nitro benzene ring substituents is 1. The molecule has 0 spiro atoms. The number of nitro groups is 1. The molecule has 0 radical (unpaired) electrons. The summed E-state index contributed by atoms with van der Waals surface area (Å²) in [6, 6.07) is 9.17. The Morgan fingerprint density at radius 2 is 2.19 bits per heavy atom. The zero-order chi connectivity index (χ0) is 15.2. The van der Waals surface area contributed by atoms with Crippen molar-refractivity contribution in [2.24, 2.45) is 0 Å². The van der Waals surface area contributed by atoms with Crippen LogP contribution in [0.2, 0.25) is 0 Å². The highest BCUT2D eigenvalue weighted by Crippen LogP contribution is 2.20. The average molecular weight is 305 g/mol. The van der Waals surface area contributed by atoms with Crippen molar-refractivity contribution < 1.29 is 4.92 Å². The van der Waals surface area contributed by atoms with E-state index >= 15 is 0 Å². The van der Waals surface area contributed by atoms with Gasteiger partial charge < -0.3 is 10.2 Å². The summed E-state index contributed by atoms with van der Waals surface area (Å²) in [5, 5.41) is 18.4. The number of hydrogen-bond donors (Lipinski definition) is 1. The van der Waals surface area contributed by atoms with Gasteiger partial charge in [-0.25, -0.2) is 0 Å². The van der Waals surface area contributed by atoms with E-state index < -0.39 is 0 Å². The molecule has 0 unspecified atom stereocenters. The summed E-state index contributed by atoms with van der Waals surface area (Å²) in [4.78, 5) is 12.6. The van der Waals surface area contributed by atoms with Gasteiger partial charge in [0.2, 0.25) is 0 Å². The van der Waals surface area contributed by atoms with Crippen molar-refractivity contribution in [1.29, 1.82) is 0 Å². The quantitative estimate of drug-likeness (QED) is 0.631. The minimum atomic E-state index is -0.364. The molecule has 6 heteroatoms. The van der Waals surface area contributed by atoms with E-state index in [1.807, 2.05) is 6.07 Å². The lowest BCUT2D eigenvalue weighted by Gasteiger charge is -2.24. The van der Waals surface area contributed by atoms with Crippen LogP contribution in [0.3, 0.4) is 0 Å². The summed E-state index contributed by atoms with van der Waals surface area (Å²) in [5.41, 5.74) is 2.35. The fourth-order valence-electron chi connectivity index (χ4n) is 2.20. The molecule has 1 aromatic heterocycles. The highest BCUT2D eigenvalue weighted by atomic mass is 32.1. The molecule has 112 valence electrons. The second-order valence-corrected chi connectivity index (χ2v) is 5.87. The van der Waals surface area contributed by atoms with Gasteiger partial charge in [0.25, 0.3) is 5.69 Å². The largest absolute Gasteiger partial charge is 0.311 e. The molecule has 0 saturated carbocycles. The lowest BCUT2D eigenvalue weighted by molar-refractivity contribution is -0.384. The fourth-order valence-corrected chi connectivity index (χ4v) is 2.90. The molecule has 1 aromatic carbocycles. The first kappa shape index (κ1) is 15.6. The van der Waals surface area contributed by atoms with E-state index in [-0.39, 0.29) is 10.6 Å². The molecule has 0 aliphatic carbocycles. The fraction of sp³-hybridized carbons (Fsp3) is 0.333. The maximum atomic E-state index is 10.8. The van der Waals surface area contributed by atoms with Crippen LogP contribution < -0.4 is 5.32 Å². The molecule has 2 rings (SSSR count). The Hall–Kier alpha value is -1.76. The Morgan fingerprint density at radius 1 is 1.38 bits per heavy atom. The van der Waals surface area contributed by atoms with E-state index in [2.05, 4.69) is 41.1 Å². The Labute approximate surface area is 128 Å². The number of thiophene rings is 1. The smallest absolute Gasteiger partial charge is 0.269 e. The third-order valence-corrected chi connectivity index (χ3v) is 4.04. The van der Waals surface area contributed by atoms with Crippen LogP contribution in [0.4, 0.5) is 5.69 Å². The summed E-state index contributed by atoms with van der Waals surface area (Å²) in [7, 11) is 4.11. The first-order valence-corrected chi connectivity index (χ1v) is 7.65. The van der Waals surface area contributed by atoms with Crippen LogP contribution in [-0.4, -0.2) is 30.5 Å². The zero-order valence-electron chi connectivity index (χ0n) is 12.2. The average Bonchev–Trinajstić information content (AvgIpc) is 2.97. The van der Waals surface area contributed by atoms with Gasteiger partial charge in [-0.2, -0.15) is 11.3 Å². The summed E-state index contributed by atoms with van der Waals surface area (Å²) < 4.78 is 0. The summed E-state index contributed by atoms with van der Waals surface area (Å²) in [6.07, 6.45) is 0. The molecular weight excluding hydrogens is 286 g/mol. The van der Waals surface area contributed by atoms with Crippen LogP contribution in [0, 0.1) is 10.1 Å². The van der Waals surface area contributed by atoms with Gasteiger partial charge in [-0.15, -0.1) is 0 Å². The van der Waals surface area contributed by atoms with Crippen molar-refractivity contribution in [2.75, 3.05) is 20.6 Å². The number of hydrogen-bond acceptors (Lipinski definition) is 5. The summed E-state index contributed by atoms with van der Waals surface area (Å²) >= 11 is 1.69. The van der Waals surface area contributed by atoms with E-state index in [4.69, 9.17) is 0 Å². The van der Waals surface area contributed by atoms with Gasteiger partial charge >= 0.3 is 0 Å². The number of benzene rings is 1. The standard InChI is InChI=1S/C15H19N3O2S/c1-17(2)15(13-6-7-21-11-13)10-16-9-12-4-3-5-14(8-12)18(19)20/h3-8,11,15-16H,9-10H2,1-2H3/t15-/m0/s1. The van der Waals surface area contributed by atoms with Gasteiger partial charge in [-0.3, -0.25) is 10.1 Å². The number of nitro benzene ring substituents is 1. The van der Waals surface area contributed by atoms with E-state index in [1.54, 1.807) is 23.5 Å². The number of rotatable bonds is 7. The number of nitrogens with zero attached hydrogens (tertiary/aromatic N) is 2. The van der Waals surface area contributed by atoms with Crippen molar-refractivity contribution >= 4 is 17.0 Å². The van der Waals surface area contributed by atoms with Crippen molar-refractivity contribution in [3.05, 3.63) is 62.3 Å². The van der Waals surface area contributed by atoms with Crippen LogP contribution in [0.15, 0.2) is 41.1 Å². The molecule has 5 nitrogen and oxygen atoms in total. The first-order chi connectivity index (χ1) is 10.1. The SMILES string of the molecule is CN(C)[C@@H](CNCc1cccc([N+](=O)[O-])c1)c1ccsc1. The lowest BCUT2D eigenvalue weighted by Crippen LogP contribution is -2.30. The topological polar surface area (TPSA) is 58.4 Å². The highest BCUT2D eigenvalue weighted by molar-refractivity contribution is 7.07. The van der Waals surface area contributed by atoms with Gasteiger partial charge in [0.1, 0.15) is 0 Å². The third kappa shape index (κ3) is 4.35. The lowest BCUT2D eigenvalue weighted by atomic mass is 10.1. The molecule has 0 saturated heterocycles. The van der Waals surface area contributed by atoms with Gasteiger partial charge in [0, 0.05) is 31.3 Å². The molecular formula is C15H19N3O2S. The van der Waals surface area contributed by atoms with Crippen molar-refractivity contribution in [3.8, 4) is 0 Å². The van der Waals surface area contributed by atoms with Gasteiger partial charge in [-0.05, 0) is 42.0 Å². The normalized spacial score (nSPS) is 12.5. The van der Waals surface area contributed by atoms with Gasteiger partial charge in [0.05, 0.1) is 4.92 Å². The predicted octanol–water partition coefficient (Wildman–Crippen LogP) is 3.05. The Balaban J connectivity index is 1.93. The maximum absolute atomic E-state index is 10.8. The number of nitrogens with one attached hydrogen (secondary N) is 1. The Morgan fingerprint density at radius 3 is 2.81 bits per heavy atom. The zero-order valence-corrected chi connectivity index (χ0v) is 13.0. The van der Waals surface area contributed by atoms with Crippen LogP contribution in [0.5, 0.6) is 0 Å². The number of likely N-dealkylation sites (N-methyl/N-ethyl adjacent to an activating group) is 1. The second-order valence-electron chi connectivity index (χ2n) is 5.09. The van der Waals surface area contributed by atoms with Crippen LogP contribution in [-0.2, 0) is 6.54 Å². The molecule has 1 heterocycles. The van der Waals surface area contributed by atoms with Crippen LogP contribution >= 0.6 is 11.3 Å². The molecule has 0 aliphatic heterocycles. The monoisotopic (exact) mass is 305 g/mol. The van der Waals surface area contributed by atoms with Gasteiger partial charge in [0.15, 0.2) is 0 Å². The first-order valence-electron chi connectivity index (χ1n) is 6.70. The Bertz CT molecular complexity index is 584. The van der Waals surface area contributed by atoms with Crippen molar-refractivity contribution in [3.63, 3.8) is 0 Å². The van der Waals surface area contributed by atoms with Crippen molar-refractivity contribution in [2.45, 2.75) is 12.6 Å². The van der Waals surface area contributed by atoms with Gasteiger partial charge in [-0.1, -0.05) is 12.1 Å². The van der Waals surface area contributed by atoms with Crippen molar-refractivity contribution in [1.82, 2.24) is 10.2 Å². The van der Waals surface area contributed by atoms with Crippen LogP contribution in [0.1, 0.15) is 17.2 Å². The summed E-state index contributed by atoms with van der Waals surface area (Å²) in [6.45, 7) is 1.42. The highest BCUT2D eigenvalue weighted by Gasteiger charge is 2.14. The van der Waals surface area contributed by atoms with E-state index in [0.29, 0.717) is 12.6 Å². The molecule has 0 bridgehead atoms. The van der Waals surface area contributed by atoms with E-state index in [0.717, 1.165) is 12.1 Å². The predicted molar refractivity (Wildman–Crippen MR) is 85.6 cm³/mol. The molecule has 21 heavy (non-hydrogen) atoms. The van der Waals surface area contributed by atoms with E-state index in [9.17, 15) is 10.1 Å². The van der Waals surface area contributed by atoms with Crippen LogP contribution in [0.25, 0.3) is 0 Å². The molecule has 2 aromatic rings.